The zero-order chi connectivity index (χ0) is 19.4. The normalized spacial score (nSPS) is 22.5. The smallest absolute Gasteiger partial charge is 0.241 e. The molecule has 1 N–H and O–H groups in total. The summed E-state index contributed by atoms with van der Waals surface area (Å²) < 4.78 is 8.39. The van der Waals surface area contributed by atoms with Gasteiger partial charge in [0.15, 0.2) is 16.5 Å². The third-order valence-corrected chi connectivity index (χ3v) is 8.14. The lowest BCUT2D eigenvalue weighted by molar-refractivity contribution is 0.00135. The maximum atomic E-state index is 6.16. The van der Waals surface area contributed by atoms with Gasteiger partial charge in [0, 0.05) is 16.9 Å². The molecule has 0 saturated carbocycles. The highest BCUT2D eigenvalue weighted by Gasteiger charge is 2.45. The van der Waals surface area contributed by atoms with E-state index in [0.717, 1.165) is 34.2 Å². The van der Waals surface area contributed by atoms with Crippen LogP contribution in [0.5, 0.6) is 0 Å². The highest BCUT2D eigenvalue weighted by molar-refractivity contribution is 8.14. The molecule has 0 aromatic carbocycles. The van der Waals surface area contributed by atoms with Gasteiger partial charge in [-0.25, -0.2) is 4.57 Å². The molecule has 150 valence electrons. The van der Waals surface area contributed by atoms with Crippen molar-refractivity contribution in [3.8, 4) is 5.00 Å². The number of thioether (sulfide) groups is 2. The predicted octanol–water partition coefficient (Wildman–Crippen LogP) is 3.98. The Balaban J connectivity index is 1.67. The van der Waals surface area contributed by atoms with E-state index < -0.39 is 0 Å². The maximum Gasteiger partial charge on any atom is 0.241 e. The Kier molecular flexibility index (Phi) is 4.85. The van der Waals surface area contributed by atoms with Crippen molar-refractivity contribution in [2.45, 2.75) is 58.1 Å². The predicted molar refractivity (Wildman–Crippen MR) is 117 cm³/mol. The lowest BCUT2D eigenvalue weighted by Gasteiger charge is -2.33. The summed E-state index contributed by atoms with van der Waals surface area (Å²) in [6.45, 7) is 9.46. The van der Waals surface area contributed by atoms with E-state index in [1.54, 1.807) is 23.5 Å². The third kappa shape index (κ3) is 2.72. The molecule has 0 bridgehead atoms. The van der Waals surface area contributed by atoms with Gasteiger partial charge >= 0.3 is 0 Å². The molecule has 28 heavy (non-hydrogen) atoms. The summed E-state index contributed by atoms with van der Waals surface area (Å²) in [7, 11) is 0. The summed E-state index contributed by atoms with van der Waals surface area (Å²) in [5, 5.41) is 16.8. The van der Waals surface area contributed by atoms with Crippen molar-refractivity contribution in [2.24, 2.45) is 11.0 Å². The van der Waals surface area contributed by atoms with Crippen molar-refractivity contribution in [1.29, 1.82) is 0 Å². The summed E-state index contributed by atoms with van der Waals surface area (Å²) in [5.41, 5.74) is 6.14. The Morgan fingerprint density at radius 3 is 2.82 bits per heavy atom. The van der Waals surface area contributed by atoms with Crippen molar-refractivity contribution >= 4 is 46.0 Å². The van der Waals surface area contributed by atoms with E-state index in [1.807, 2.05) is 11.3 Å². The number of rotatable bonds is 4. The molecule has 0 spiro atoms. The molecule has 0 radical (unpaired) electrons. The van der Waals surface area contributed by atoms with Crippen LogP contribution in [0.15, 0.2) is 10.3 Å². The Morgan fingerprint density at radius 1 is 1.25 bits per heavy atom. The van der Waals surface area contributed by atoms with Gasteiger partial charge in [-0.15, -0.1) is 21.5 Å². The molecule has 0 amide bonds. The second kappa shape index (κ2) is 7.23. The summed E-state index contributed by atoms with van der Waals surface area (Å²) >= 11 is 5.29. The molecule has 2 aromatic heterocycles. The van der Waals surface area contributed by atoms with Crippen LogP contribution in [0, 0.1) is 5.92 Å². The molecule has 3 aliphatic heterocycles. The lowest BCUT2D eigenvalue weighted by atomic mass is 9.93. The van der Waals surface area contributed by atoms with Gasteiger partial charge in [0.1, 0.15) is 5.00 Å². The average molecular weight is 437 g/mol. The first-order chi connectivity index (χ1) is 13.6. The largest absolute Gasteiger partial charge is 0.372 e. The van der Waals surface area contributed by atoms with Crippen LogP contribution in [-0.4, -0.2) is 37.5 Å². The second-order valence-electron chi connectivity index (χ2n) is 7.30. The summed E-state index contributed by atoms with van der Waals surface area (Å²) in [6, 6.07) is 0. The molecular formula is C18H24N6OS3. The minimum Gasteiger partial charge on any atom is -0.372 e. The van der Waals surface area contributed by atoms with Gasteiger partial charge in [0.25, 0.3) is 0 Å². The van der Waals surface area contributed by atoms with Crippen LogP contribution in [0.1, 0.15) is 49.9 Å². The topological polar surface area (TPSA) is 67.6 Å². The maximum absolute atomic E-state index is 6.16. The SMILES string of the molecule is CCSC1=NNC2c3c(sc4c3C[C@H](C(C)C)OC4)-n3c(SCC)nnc3N12. The van der Waals surface area contributed by atoms with E-state index >= 15 is 0 Å². The Bertz CT molecular complexity index is 936. The summed E-state index contributed by atoms with van der Waals surface area (Å²) in [4.78, 5) is 3.55. The van der Waals surface area contributed by atoms with Crippen molar-refractivity contribution in [2.75, 3.05) is 16.4 Å². The number of amidine groups is 1. The van der Waals surface area contributed by atoms with Gasteiger partial charge in [-0.3, -0.25) is 10.3 Å². The molecule has 2 atom stereocenters. The first-order valence-electron chi connectivity index (χ1n) is 9.73. The Labute approximate surface area is 177 Å². The van der Waals surface area contributed by atoms with Gasteiger partial charge in [0.05, 0.1) is 12.7 Å². The van der Waals surface area contributed by atoms with Gasteiger partial charge in [-0.2, -0.15) is 5.10 Å². The minimum absolute atomic E-state index is 0.00820. The molecule has 2 aromatic rings. The number of fused-ring (bicyclic) bond motifs is 8. The quantitative estimate of drug-likeness (QED) is 0.727. The molecule has 5 rings (SSSR count). The molecule has 1 unspecified atom stereocenters. The zero-order valence-electron chi connectivity index (χ0n) is 16.4. The number of anilines is 1. The van der Waals surface area contributed by atoms with Crippen molar-refractivity contribution in [3.05, 3.63) is 16.0 Å². The third-order valence-electron chi connectivity index (χ3n) is 5.29. The lowest BCUT2D eigenvalue weighted by Crippen LogP contribution is -2.38. The van der Waals surface area contributed by atoms with Crippen LogP contribution in [0.4, 0.5) is 5.95 Å². The van der Waals surface area contributed by atoms with Crippen molar-refractivity contribution in [1.82, 2.24) is 20.2 Å². The highest BCUT2D eigenvalue weighted by atomic mass is 32.2. The average Bonchev–Trinajstić information content (AvgIpc) is 3.36. The van der Waals surface area contributed by atoms with E-state index in [4.69, 9.17) is 4.74 Å². The fourth-order valence-electron chi connectivity index (χ4n) is 3.95. The molecule has 10 heteroatoms. The molecule has 7 nitrogen and oxygen atoms in total. The van der Waals surface area contributed by atoms with Crippen LogP contribution in [0.3, 0.4) is 0 Å². The number of thiophene rings is 1. The number of ether oxygens (including phenoxy) is 1. The molecular weight excluding hydrogens is 412 g/mol. The number of hydrogen-bond donors (Lipinski definition) is 1. The first-order valence-corrected chi connectivity index (χ1v) is 12.5. The molecule has 0 aliphatic carbocycles. The number of nitrogens with zero attached hydrogens (tertiary/aromatic N) is 5. The molecule has 0 saturated heterocycles. The van der Waals surface area contributed by atoms with Crippen LogP contribution < -0.4 is 10.3 Å². The number of aromatic nitrogens is 3. The Hall–Kier alpha value is -1.23. The summed E-state index contributed by atoms with van der Waals surface area (Å²) in [5.74, 6) is 3.28. The van der Waals surface area contributed by atoms with Gasteiger partial charge in [-0.05, 0) is 23.0 Å². The standard InChI is InChI=1S/C18H24N6OS3/c1-5-26-17-21-19-14-13-10-7-11(9(3)4)25-8-12(10)28-15(13)24-16(23(14)17)20-22-18(24)27-6-2/h9,11,14,19H,5-8H2,1-4H3/t11-,14?/m1/s1. The van der Waals surface area contributed by atoms with Crippen LogP contribution >= 0.6 is 34.9 Å². The summed E-state index contributed by atoms with van der Waals surface area (Å²) in [6.07, 6.45) is 1.21. The van der Waals surface area contributed by atoms with Crippen LogP contribution in [0.2, 0.25) is 0 Å². The van der Waals surface area contributed by atoms with Gasteiger partial charge < -0.3 is 4.74 Å². The van der Waals surface area contributed by atoms with E-state index in [2.05, 4.69) is 57.9 Å². The minimum atomic E-state index is -0.00820. The Morgan fingerprint density at radius 2 is 2.07 bits per heavy atom. The first kappa shape index (κ1) is 18.8. The van der Waals surface area contributed by atoms with Crippen molar-refractivity contribution in [3.63, 3.8) is 0 Å². The zero-order valence-corrected chi connectivity index (χ0v) is 18.9. The monoisotopic (exact) mass is 436 g/mol. The van der Waals surface area contributed by atoms with Gasteiger partial charge in [-0.1, -0.05) is 51.2 Å². The number of hydrazone groups is 1. The van der Waals surface area contributed by atoms with E-state index in [9.17, 15) is 0 Å². The van der Waals surface area contributed by atoms with E-state index in [1.165, 1.54) is 21.0 Å². The number of hydrogen-bond acceptors (Lipinski definition) is 9. The van der Waals surface area contributed by atoms with E-state index in [-0.39, 0.29) is 12.3 Å². The fourth-order valence-corrected chi connectivity index (χ4v) is 6.65. The molecule has 5 heterocycles. The van der Waals surface area contributed by atoms with Crippen LogP contribution in [-0.2, 0) is 17.8 Å². The van der Waals surface area contributed by atoms with Crippen molar-refractivity contribution < 1.29 is 4.74 Å². The second-order valence-corrected chi connectivity index (χ2v) is 10.8. The van der Waals surface area contributed by atoms with Crippen LogP contribution in [0.25, 0.3) is 5.00 Å². The fraction of sp³-hybridized carbons (Fsp3) is 0.611. The molecule has 0 fully saturated rings. The van der Waals surface area contributed by atoms with Gasteiger partial charge in [0.2, 0.25) is 5.95 Å². The van der Waals surface area contributed by atoms with E-state index in [0.29, 0.717) is 12.5 Å². The number of nitrogens with one attached hydrogen (secondary N) is 1. The molecule has 3 aliphatic rings. The highest BCUT2D eigenvalue weighted by Crippen LogP contribution is 2.49.